The van der Waals surface area contributed by atoms with Gasteiger partial charge in [0.05, 0.1) is 11.3 Å². The highest BCUT2D eigenvalue weighted by Gasteiger charge is 2.36. The van der Waals surface area contributed by atoms with Crippen LogP contribution in [0.2, 0.25) is 0 Å². The molecule has 6 heteroatoms. The molecule has 0 heterocycles. The average Bonchev–Trinajstić information content (AvgIpc) is 2.83. The van der Waals surface area contributed by atoms with Gasteiger partial charge in [0.1, 0.15) is 0 Å². The largest absolute Gasteiger partial charge is 0.350 e. The molecular weight excluding hydrogens is 288 g/mol. The summed E-state index contributed by atoms with van der Waals surface area (Å²) in [6, 6.07) is 7.24. The Kier molecular flexibility index (Phi) is 4.68. The van der Waals surface area contributed by atoms with Crippen molar-refractivity contribution in [2.75, 3.05) is 6.26 Å². The second-order valence-corrected chi connectivity index (χ2v) is 8.08. The van der Waals surface area contributed by atoms with E-state index in [1.807, 2.05) is 6.07 Å². The lowest BCUT2D eigenvalue weighted by Gasteiger charge is -2.22. The van der Waals surface area contributed by atoms with Gasteiger partial charge in [0, 0.05) is 12.8 Å². The van der Waals surface area contributed by atoms with Crippen LogP contribution in [0.3, 0.4) is 0 Å². The van der Waals surface area contributed by atoms with E-state index in [2.05, 4.69) is 5.32 Å². The topological polar surface area (TPSA) is 89.3 Å². The third kappa shape index (κ3) is 4.54. The zero-order valence-electron chi connectivity index (χ0n) is 12.3. The van der Waals surface area contributed by atoms with Gasteiger partial charge in [0.2, 0.25) is 5.91 Å². The number of nitrogens with one attached hydrogen (secondary N) is 1. The Morgan fingerprint density at radius 3 is 2.52 bits per heavy atom. The summed E-state index contributed by atoms with van der Waals surface area (Å²) >= 11 is 0. The Balaban J connectivity index is 1.97. The van der Waals surface area contributed by atoms with Crippen molar-refractivity contribution in [2.24, 2.45) is 5.73 Å². The molecule has 1 amide bonds. The van der Waals surface area contributed by atoms with Crippen LogP contribution in [0.5, 0.6) is 0 Å². The summed E-state index contributed by atoms with van der Waals surface area (Å²) in [5, 5.41) is 2.86. The van der Waals surface area contributed by atoms with Crippen molar-refractivity contribution in [3.8, 4) is 0 Å². The number of rotatable bonds is 5. The molecule has 1 aromatic rings. The number of amides is 1. The summed E-state index contributed by atoms with van der Waals surface area (Å²) in [6.45, 7) is 0.370. The number of sulfone groups is 1. The molecule has 0 atom stereocenters. The molecule has 1 saturated carbocycles. The molecule has 0 unspecified atom stereocenters. The predicted molar refractivity (Wildman–Crippen MR) is 82.2 cm³/mol. The fourth-order valence-electron chi connectivity index (χ4n) is 2.72. The van der Waals surface area contributed by atoms with Crippen LogP contribution in [0.15, 0.2) is 24.3 Å². The predicted octanol–water partition coefficient (Wildman–Crippen LogP) is 1.12. The second kappa shape index (κ2) is 6.15. The third-order valence-electron chi connectivity index (χ3n) is 3.82. The van der Waals surface area contributed by atoms with Gasteiger partial charge in [0.25, 0.3) is 0 Å². The van der Waals surface area contributed by atoms with E-state index in [0.717, 1.165) is 36.8 Å². The van der Waals surface area contributed by atoms with E-state index in [-0.39, 0.29) is 11.7 Å². The highest BCUT2D eigenvalue weighted by atomic mass is 32.2. The maximum atomic E-state index is 12.1. The lowest BCUT2D eigenvalue weighted by atomic mass is 9.98. The SMILES string of the molecule is CS(=O)(=O)Cc1cccc(CNC(=O)C2(N)CCCC2)c1. The summed E-state index contributed by atoms with van der Waals surface area (Å²) in [5.74, 6) is -0.108. The molecule has 0 aliphatic heterocycles. The van der Waals surface area contributed by atoms with Crippen molar-refractivity contribution in [3.05, 3.63) is 35.4 Å². The lowest BCUT2D eigenvalue weighted by molar-refractivity contribution is -0.126. The molecule has 1 aliphatic carbocycles. The number of hydrogen-bond donors (Lipinski definition) is 2. The second-order valence-electron chi connectivity index (χ2n) is 5.94. The first kappa shape index (κ1) is 16.0. The van der Waals surface area contributed by atoms with Gasteiger partial charge >= 0.3 is 0 Å². The molecule has 0 radical (unpaired) electrons. The van der Waals surface area contributed by atoms with Crippen molar-refractivity contribution < 1.29 is 13.2 Å². The molecule has 1 fully saturated rings. The summed E-state index contributed by atoms with van der Waals surface area (Å²) in [7, 11) is -3.06. The van der Waals surface area contributed by atoms with Crippen molar-refractivity contribution in [1.29, 1.82) is 0 Å². The smallest absolute Gasteiger partial charge is 0.240 e. The summed E-state index contributed by atoms with van der Waals surface area (Å²) in [5.41, 5.74) is 6.97. The van der Waals surface area contributed by atoms with Gasteiger partial charge in [-0.3, -0.25) is 4.79 Å². The first-order valence-electron chi connectivity index (χ1n) is 7.11. The minimum absolute atomic E-state index is 0.00954. The van der Waals surface area contributed by atoms with Gasteiger partial charge in [-0.1, -0.05) is 37.1 Å². The van der Waals surface area contributed by atoms with Crippen molar-refractivity contribution in [1.82, 2.24) is 5.32 Å². The van der Waals surface area contributed by atoms with Gasteiger partial charge < -0.3 is 11.1 Å². The molecule has 0 bridgehead atoms. The third-order valence-corrected chi connectivity index (χ3v) is 4.68. The lowest BCUT2D eigenvalue weighted by Crippen LogP contribution is -2.51. The van der Waals surface area contributed by atoms with E-state index < -0.39 is 15.4 Å². The van der Waals surface area contributed by atoms with Crippen molar-refractivity contribution in [3.63, 3.8) is 0 Å². The number of carbonyl (C=O) groups excluding carboxylic acids is 1. The Hall–Kier alpha value is -1.40. The van der Waals surface area contributed by atoms with Crippen LogP contribution < -0.4 is 11.1 Å². The van der Waals surface area contributed by atoms with E-state index in [1.165, 1.54) is 6.26 Å². The monoisotopic (exact) mass is 310 g/mol. The number of nitrogens with two attached hydrogens (primary N) is 1. The minimum atomic E-state index is -3.06. The summed E-state index contributed by atoms with van der Waals surface area (Å²) < 4.78 is 22.6. The van der Waals surface area contributed by atoms with Gasteiger partial charge in [-0.15, -0.1) is 0 Å². The van der Waals surface area contributed by atoms with Crippen LogP contribution in [0.25, 0.3) is 0 Å². The molecule has 5 nitrogen and oxygen atoms in total. The van der Waals surface area contributed by atoms with E-state index in [4.69, 9.17) is 5.73 Å². The number of carbonyl (C=O) groups is 1. The first-order chi connectivity index (χ1) is 9.78. The van der Waals surface area contributed by atoms with E-state index in [0.29, 0.717) is 6.54 Å². The average molecular weight is 310 g/mol. The van der Waals surface area contributed by atoms with Crippen LogP contribution >= 0.6 is 0 Å². The molecule has 116 valence electrons. The Labute approximate surface area is 125 Å². The molecule has 0 aromatic heterocycles. The zero-order chi connectivity index (χ0) is 15.5. The fraction of sp³-hybridized carbons (Fsp3) is 0.533. The molecule has 0 spiro atoms. The molecule has 0 saturated heterocycles. The van der Waals surface area contributed by atoms with Gasteiger partial charge in [0.15, 0.2) is 9.84 Å². The highest BCUT2D eigenvalue weighted by Crippen LogP contribution is 2.27. The van der Waals surface area contributed by atoms with E-state index >= 15 is 0 Å². The quantitative estimate of drug-likeness (QED) is 0.853. The normalized spacial score (nSPS) is 17.6. The molecule has 3 N–H and O–H groups in total. The van der Waals surface area contributed by atoms with Crippen LogP contribution in [-0.4, -0.2) is 26.1 Å². The Morgan fingerprint density at radius 2 is 1.90 bits per heavy atom. The van der Waals surface area contributed by atoms with Gasteiger partial charge in [-0.25, -0.2) is 8.42 Å². The van der Waals surface area contributed by atoms with E-state index in [1.54, 1.807) is 18.2 Å². The first-order valence-corrected chi connectivity index (χ1v) is 9.17. The summed E-state index contributed by atoms with van der Waals surface area (Å²) in [6.07, 6.45) is 4.65. The maximum Gasteiger partial charge on any atom is 0.240 e. The fourth-order valence-corrected chi connectivity index (χ4v) is 3.51. The minimum Gasteiger partial charge on any atom is -0.350 e. The van der Waals surface area contributed by atoms with Crippen molar-refractivity contribution in [2.45, 2.75) is 43.5 Å². The van der Waals surface area contributed by atoms with Crippen LogP contribution in [0.4, 0.5) is 0 Å². The highest BCUT2D eigenvalue weighted by molar-refractivity contribution is 7.89. The van der Waals surface area contributed by atoms with Crippen molar-refractivity contribution >= 4 is 15.7 Å². The number of hydrogen-bond acceptors (Lipinski definition) is 4. The van der Waals surface area contributed by atoms with Crippen LogP contribution in [-0.2, 0) is 26.9 Å². The summed E-state index contributed by atoms with van der Waals surface area (Å²) in [4.78, 5) is 12.1. The molecule has 2 rings (SSSR count). The number of benzene rings is 1. The van der Waals surface area contributed by atoms with Gasteiger partial charge in [-0.05, 0) is 24.0 Å². The molecular formula is C15H22N2O3S. The van der Waals surface area contributed by atoms with E-state index in [9.17, 15) is 13.2 Å². The van der Waals surface area contributed by atoms with Crippen LogP contribution in [0.1, 0.15) is 36.8 Å². The molecule has 21 heavy (non-hydrogen) atoms. The van der Waals surface area contributed by atoms with Crippen LogP contribution in [0, 0.1) is 0 Å². The Bertz CT molecular complexity index is 620. The van der Waals surface area contributed by atoms with Gasteiger partial charge in [-0.2, -0.15) is 0 Å². The standard InChI is InChI=1S/C15H22N2O3S/c1-21(19,20)11-13-6-4-5-12(9-13)10-17-14(18)15(16)7-2-3-8-15/h4-6,9H,2-3,7-8,10-11,16H2,1H3,(H,17,18). The molecule has 1 aromatic carbocycles. The Morgan fingerprint density at radius 1 is 1.29 bits per heavy atom. The zero-order valence-corrected chi connectivity index (χ0v) is 13.1. The molecule has 1 aliphatic rings. The maximum absolute atomic E-state index is 12.1.